The van der Waals surface area contributed by atoms with Crippen molar-refractivity contribution in [3.8, 4) is 6.07 Å². The predicted octanol–water partition coefficient (Wildman–Crippen LogP) is 2.00. The SMILES string of the molecule is CC(=O)NCSC(C)(C)[C@H](NC(=O)OC(C)(C)C)C(=O)N1CCC[C@H]1C#N. The second-order valence-corrected chi connectivity index (χ2v) is 9.65. The van der Waals surface area contributed by atoms with E-state index in [4.69, 9.17) is 4.74 Å². The number of carbonyl (C=O) groups is 3. The number of nitrogens with zero attached hydrogens (tertiary/aromatic N) is 2. The molecule has 0 aromatic rings. The Morgan fingerprint density at radius 1 is 1.30 bits per heavy atom. The predicted molar refractivity (Wildman–Crippen MR) is 104 cm³/mol. The number of nitriles is 1. The number of ether oxygens (including phenoxy) is 1. The summed E-state index contributed by atoms with van der Waals surface area (Å²) in [4.78, 5) is 38.1. The van der Waals surface area contributed by atoms with Crippen LogP contribution in [-0.4, -0.2) is 57.7 Å². The Balaban J connectivity index is 3.00. The van der Waals surface area contributed by atoms with E-state index < -0.39 is 28.5 Å². The third kappa shape index (κ3) is 7.29. The van der Waals surface area contributed by atoms with Crippen molar-refractivity contribution in [1.82, 2.24) is 15.5 Å². The molecule has 1 heterocycles. The zero-order chi connectivity index (χ0) is 20.8. The molecule has 2 N–H and O–H groups in total. The number of amides is 3. The van der Waals surface area contributed by atoms with E-state index in [1.807, 2.05) is 13.8 Å². The van der Waals surface area contributed by atoms with Crippen LogP contribution < -0.4 is 10.6 Å². The Morgan fingerprint density at radius 3 is 2.44 bits per heavy atom. The van der Waals surface area contributed by atoms with Crippen LogP contribution in [-0.2, 0) is 14.3 Å². The van der Waals surface area contributed by atoms with Gasteiger partial charge in [0.25, 0.3) is 0 Å². The third-order valence-electron chi connectivity index (χ3n) is 4.05. The minimum Gasteiger partial charge on any atom is -0.444 e. The number of alkyl carbamates (subject to hydrolysis) is 1. The summed E-state index contributed by atoms with van der Waals surface area (Å²) in [7, 11) is 0. The third-order valence-corrected chi connectivity index (χ3v) is 5.32. The smallest absolute Gasteiger partial charge is 0.408 e. The lowest BCUT2D eigenvalue weighted by atomic mass is 10.0. The molecule has 0 aliphatic carbocycles. The van der Waals surface area contributed by atoms with Crippen LogP contribution in [0.1, 0.15) is 54.4 Å². The number of carbonyl (C=O) groups excluding carboxylic acids is 3. The zero-order valence-electron chi connectivity index (χ0n) is 16.9. The Labute approximate surface area is 165 Å². The number of hydrogen-bond acceptors (Lipinski definition) is 6. The molecule has 9 heteroatoms. The molecule has 2 atom stereocenters. The maximum absolute atomic E-state index is 13.2. The fraction of sp³-hybridized carbons (Fsp3) is 0.778. The lowest BCUT2D eigenvalue weighted by Gasteiger charge is -2.36. The Morgan fingerprint density at radius 2 is 1.93 bits per heavy atom. The highest BCUT2D eigenvalue weighted by Gasteiger charge is 2.43. The fourth-order valence-electron chi connectivity index (χ4n) is 2.70. The van der Waals surface area contributed by atoms with Crippen LogP contribution in [0, 0.1) is 11.3 Å². The van der Waals surface area contributed by atoms with E-state index >= 15 is 0 Å². The van der Waals surface area contributed by atoms with Crippen LogP contribution in [0.4, 0.5) is 4.79 Å². The molecule has 8 nitrogen and oxygen atoms in total. The number of likely N-dealkylation sites (tertiary alicyclic amines) is 1. The Hall–Kier alpha value is -1.95. The van der Waals surface area contributed by atoms with Crippen LogP contribution in [0.2, 0.25) is 0 Å². The number of hydrogen-bond donors (Lipinski definition) is 2. The van der Waals surface area contributed by atoms with Gasteiger partial charge in [-0.1, -0.05) is 0 Å². The highest BCUT2D eigenvalue weighted by Crippen LogP contribution is 2.30. The minimum absolute atomic E-state index is 0.176. The fourth-order valence-corrected chi connectivity index (χ4v) is 3.67. The first-order valence-electron chi connectivity index (χ1n) is 8.95. The molecular weight excluding hydrogens is 368 g/mol. The second-order valence-electron chi connectivity index (χ2n) is 8.02. The molecule has 0 bridgehead atoms. The highest BCUT2D eigenvalue weighted by molar-refractivity contribution is 8.00. The van der Waals surface area contributed by atoms with Gasteiger partial charge in [0.15, 0.2) is 0 Å². The number of rotatable bonds is 6. The van der Waals surface area contributed by atoms with Gasteiger partial charge >= 0.3 is 6.09 Å². The Kier molecular flexibility index (Phi) is 7.96. The lowest BCUT2D eigenvalue weighted by Crippen LogP contribution is -2.59. The van der Waals surface area contributed by atoms with Gasteiger partial charge in [-0.3, -0.25) is 9.59 Å². The summed E-state index contributed by atoms with van der Waals surface area (Å²) in [6.07, 6.45) is 0.686. The number of thioether (sulfide) groups is 1. The molecule has 0 saturated carbocycles. The molecule has 0 spiro atoms. The molecule has 152 valence electrons. The van der Waals surface area contributed by atoms with E-state index in [9.17, 15) is 19.6 Å². The molecular formula is C18H30N4O4S. The van der Waals surface area contributed by atoms with Crippen LogP contribution >= 0.6 is 11.8 Å². The topological polar surface area (TPSA) is 112 Å². The van der Waals surface area contributed by atoms with Gasteiger partial charge in [-0.15, -0.1) is 11.8 Å². The highest BCUT2D eigenvalue weighted by atomic mass is 32.2. The summed E-state index contributed by atoms with van der Waals surface area (Å²) in [5, 5.41) is 14.7. The second kappa shape index (κ2) is 9.31. The molecule has 0 aromatic carbocycles. The van der Waals surface area contributed by atoms with Gasteiger partial charge in [0.2, 0.25) is 11.8 Å². The van der Waals surface area contributed by atoms with Gasteiger partial charge in [-0.25, -0.2) is 4.79 Å². The van der Waals surface area contributed by atoms with E-state index in [2.05, 4.69) is 16.7 Å². The average Bonchev–Trinajstić information content (AvgIpc) is 2.98. The maximum atomic E-state index is 13.2. The zero-order valence-corrected chi connectivity index (χ0v) is 17.7. The summed E-state index contributed by atoms with van der Waals surface area (Å²) in [5.74, 6) is -0.195. The minimum atomic E-state index is -0.903. The van der Waals surface area contributed by atoms with Crippen molar-refractivity contribution in [1.29, 1.82) is 5.26 Å². The molecule has 1 aliphatic heterocycles. The normalized spacial score (nSPS) is 18.4. The molecule has 3 amide bonds. The number of nitrogens with one attached hydrogen (secondary N) is 2. The molecule has 27 heavy (non-hydrogen) atoms. The monoisotopic (exact) mass is 398 g/mol. The molecule has 1 rings (SSSR count). The van der Waals surface area contributed by atoms with E-state index in [0.29, 0.717) is 18.8 Å². The van der Waals surface area contributed by atoms with Gasteiger partial charge in [0.1, 0.15) is 17.7 Å². The van der Waals surface area contributed by atoms with E-state index in [1.165, 1.54) is 23.6 Å². The molecule has 1 fully saturated rings. The van der Waals surface area contributed by atoms with Gasteiger partial charge < -0.3 is 20.3 Å². The maximum Gasteiger partial charge on any atom is 0.408 e. The van der Waals surface area contributed by atoms with Crippen molar-refractivity contribution >= 4 is 29.7 Å². The van der Waals surface area contributed by atoms with E-state index in [1.54, 1.807) is 20.8 Å². The van der Waals surface area contributed by atoms with Crippen molar-refractivity contribution in [3.63, 3.8) is 0 Å². The van der Waals surface area contributed by atoms with Gasteiger partial charge in [0, 0.05) is 18.2 Å². The molecule has 1 aliphatic rings. The van der Waals surface area contributed by atoms with Gasteiger partial charge in [-0.2, -0.15) is 5.26 Å². The summed E-state index contributed by atoms with van der Waals surface area (Å²) in [6.45, 7) is 10.8. The van der Waals surface area contributed by atoms with Crippen LogP contribution in [0.3, 0.4) is 0 Å². The summed E-state index contributed by atoms with van der Waals surface area (Å²) >= 11 is 1.34. The van der Waals surface area contributed by atoms with Crippen molar-refractivity contribution < 1.29 is 19.1 Å². The van der Waals surface area contributed by atoms with E-state index in [-0.39, 0.29) is 11.8 Å². The summed E-state index contributed by atoms with van der Waals surface area (Å²) in [6, 6.07) is 0.756. The first-order chi connectivity index (χ1) is 12.4. The Bertz CT molecular complexity index is 609. The quantitative estimate of drug-likeness (QED) is 0.662. The van der Waals surface area contributed by atoms with Crippen LogP contribution in [0.5, 0.6) is 0 Å². The summed E-state index contributed by atoms with van der Waals surface area (Å²) < 4.78 is 4.57. The van der Waals surface area contributed by atoms with Crippen LogP contribution in [0.15, 0.2) is 0 Å². The van der Waals surface area contributed by atoms with Crippen molar-refractivity contribution in [2.45, 2.75) is 76.8 Å². The van der Waals surface area contributed by atoms with Crippen molar-refractivity contribution in [3.05, 3.63) is 0 Å². The largest absolute Gasteiger partial charge is 0.444 e. The molecule has 0 unspecified atom stereocenters. The first kappa shape index (κ1) is 23.1. The van der Waals surface area contributed by atoms with Crippen molar-refractivity contribution in [2.24, 2.45) is 0 Å². The molecule has 1 saturated heterocycles. The van der Waals surface area contributed by atoms with Gasteiger partial charge in [-0.05, 0) is 47.5 Å². The lowest BCUT2D eigenvalue weighted by molar-refractivity contribution is -0.134. The summed E-state index contributed by atoms with van der Waals surface area (Å²) in [5.41, 5.74) is -0.700. The molecule has 0 aromatic heterocycles. The molecule has 0 radical (unpaired) electrons. The standard InChI is InChI=1S/C18H30N4O4S/c1-12(23)20-11-27-18(5,6)14(21-16(25)26-17(2,3)4)15(24)22-9-7-8-13(22)10-19/h13-14H,7-9,11H2,1-6H3,(H,20,23)(H,21,25)/t13-,14+/m0/s1. The van der Waals surface area contributed by atoms with Gasteiger partial charge in [0.05, 0.1) is 11.9 Å². The first-order valence-corrected chi connectivity index (χ1v) is 9.94. The van der Waals surface area contributed by atoms with E-state index in [0.717, 1.165) is 6.42 Å². The average molecular weight is 399 g/mol. The van der Waals surface area contributed by atoms with Crippen molar-refractivity contribution in [2.75, 3.05) is 12.4 Å². The van der Waals surface area contributed by atoms with Crippen LogP contribution in [0.25, 0.3) is 0 Å².